The molecule has 1 aromatic rings. The third-order valence-electron chi connectivity index (χ3n) is 4.11. The van der Waals surface area contributed by atoms with Crippen molar-refractivity contribution < 1.29 is 8.42 Å². The van der Waals surface area contributed by atoms with E-state index in [0.717, 1.165) is 12.8 Å². The lowest BCUT2D eigenvalue weighted by atomic mass is 9.88. The van der Waals surface area contributed by atoms with Gasteiger partial charge >= 0.3 is 0 Å². The van der Waals surface area contributed by atoms with Gasteiger partial charge in [0.25, 0.3) is 0 Å². The minimum atomic E-state index is -3.32. The molecule has 0 aliphatic rings. The van der Waals surface area contributed by atoms with E-state index >= 15 is 0 Å². The molecule has 0 aliphatic carbocycles. The minimum absolute atomic E-state index is 0.00976. The van der Waals surface area contributed by atoms with Crippen molar-refractivity contribution in [3.05, 3.63) is 30.3 Å². The maximum absolute atomic E-state index is 12.4. The largest absolute Gasteiger partial charge is 0.327 e. The Bertz CT molecular complexity index is 528. The van der Waals surface area contributed by atoms with Crippen LogP contribution in [0.4, 0.5) is 0 Å². The quantitative estimate of drug-likeness (QED) is 0.800. The van der Waals surface area contributed by atoms with Gasteiger partial charge in [0.1, 0.15) is 0 Å². The van der Waals surface area contributed by atoms with Crippen molar-refractivity contribution in [3.63, 3.8) is 0 Å². The molecule has 0 bridgehead atoms. The number of sulfone groups is 1. The van der Waals surface area contributed by atoms with Crippen molar-refractivity contribution in [2.24, 2.45) is 5.73 Å². The van der Waals surface area contributed by atoms with Gasteiger partial charge in [-0.25, -0.2) is 8.42 Å². The molecule has 0 radical (unpaired) electrons. The van der Waals surface area contributed by atoms with E-state index in [2.05, 4.69) is 18.7 Å². The summed E-state index contributed by atoms with van der Waals surface area (Å²) in [6.07, 6.45) is 2.71. The minimum Gasteiger partial charge on any atom is -0.327 e. The highest BCUT2D eigenvalue weighted by atomic mass is 32.2. The lowest BCUT2D eigenvalue weighted by Crippen LogP contribution is -2.47. The van der Waals surface area contributed by atoms with Gasteiger partial charge in [-0.05, 0) is 46.0 Å². The molecular formula is C16H28N2O2S. The molecule has 1 rings (SSSR count). The maximum Gasteiger partial charge on any atom is 0.179 e. The molecule has 0 saturated heterocycles. The first kappa shape index (κ1) is 18.1. The lowest BCUT2D eigenvalue weighted by molar-refractivity contribution is 0.139. The van der Waals surface area contributed by atoms with E-state index in [0.29, 0.717) is 11.3 Å². The molecule has 0 aliphatic heterocycles. The van der Waals surface area contributed by atoms with Gasteiger partial charge in [-0.3, -0.25) is 0 Å². The van der Waals surface area contributed by atoms with Crippen LogP contribution >= 0.6 is 0 Å². The van der Waals surface area contributed by atoms with Crippen LogP contribution in [0, 0.1) is 0 Å². The molecule has 0 heterocycles. The van der Waals surface area contributed by atoms with Crippen molar-refractivity contribution in [2.45, 2.75) is 49.6 Å². The summed E-state index contributed by atoms with van der Waals surface area (Å²) in [5.74, 6) is -0.00976. The smallest absolute Gasteiger partial charge is 0.179 e. The maximum atomic E-state index is 12.4. The fourth-order valence-electron chi connectivity index (χ4n) is 2.68. The molecular weight excluding hydrogens is 284 g/mol. The molecule has 120 valence electrons. The zero-order chi connectivity index (χ0) is 16.1. The summed E-state index contributed by atoms with van der Waals surface area (Å²) in [4.78, 5) is 2.49. The number of benzene rings is 1. The average Bonchev–Trinajstić information content (AvgIpc) is 2.39. The van der Waals surface area contributed by atoms with Crippen molar-refractivity contribution >= 4 is 9.84 Å². The summed E-state index contributed by atoms with van der Waals surface area (Å²) < 4.78 is 24.7. The number of rotatable bonds is 8. The van der Waals surface area contributed by atoms with Gasteiger partial charge in [0.2, 0.25) is 0 Å². The molecule has 1 aromatic carbocycles. The standard InChI is InChI=1S/C16H28N2O2S/c1-5-11-16(2,18(3)4)12-14(17)13-21(19,20)15-9-7-6-8-10-15/h6-10,14H,5,11-13,17H2,1-4H3. The Labute approximate surface area is 129 Å². The van der Waals surface area contributed by atoms with Crippen LogP contribution in [-0.4, -0.2) is 44.7 Å². The van der Waals surface area contributed by atoms with Crippen LogP contribution in [0.25, 0.3) is 0 Å². The van der Waals surface area contributed by atoms with Crippen LogP contribution in [0.15, 0.2) is 35.2 Å². The van der Waals surface area contributed by atoms with E-state index in [1.165, 1.54) is 0 Å². The van der Waals surface area contributed by atoms with Gasteiger partial charge in [0.05, 0.1) is 10.6 Å². The highest BCUT2D eigenvalue weighted by Crippen LogP contribution is 2.25. The molecule has 2 N–H and O–H groups in total. The van der Waals surface area contributed by atoms with E-state index in [-0.39, 0.29) is 17.3 Å². The number of hydrogen-bond donors (Lipinski definition) is 1. The predicted molar refractivity (Wildman–Crippen MR) is 88.1 cm³/mol. The van der Waals surface area contributed by atoms with Crippen LogP contribution in [0.1, 0.15) is 33.1 Å². The third-order valence-corrected chi connectivity index (χ3v) is 5.96. The van der Waals surface area contributed by atoms with E-state index in [1.54, 1.807) is 24.3 Å². The third kappa shape index (κ3) is 5.09. The first-order valence-corrected chi connectivity index (χ1v) is 9.07. The Balaban J connectivity index is 2.79. The van der Waals surface area contributed by atoms with Crippen LogP contribution in [-0.2, 0) is 9.84 Å². The molecule has 21 heavy (non-hydrogen) atoms. The second kappa shape index (κ2) is 7.38. The van der Waals surface area contributed by atoms with Crippen molar-refractivity contribution in [1.82, 2.24) is 4.90 Å². The second-order valence-electron chi connectivity index (χ2n) is 6.20. The zero-order valence-electron chi connectivity index (χ0n) is 13.5. The Kier molecular flexibility index (Phi) is 6.38. The lowest BCUT2D eigenvalue weighted by Gasteiger charge is -2.38. The first-order valence-electron chi connectivity index (χ1n) is 7.42. The summed E-state index contributed by atoms with van der Waals surface area (Å²) in [5.41, 5.74) is 6.08. The van der Waals surface area contributed by atoms with E-state index < -0.39 is 9.84 Å². The summed E-state index contributed by atoms with van der Waals surface area (Å²) in [6.45, 7) is 4.28. The molecule has 0 amide bonds. The second-order valence-corrected chi connectivity index (χ2v) is 8.23. The Morgan fingerprint density at radius 1 is 1.24 bits per heavy atom. The van der Waals surface area contributed by atoms with Gasteiger partial charge in [0, 0.05) is 11.6 Å². The first-order chi connectivity index (χ1) is 9.71. The zero-order valence-corrected chi connectivity index (χ0v) is 14.4. The molecule has 0 aromatic heterocycles. The Morgan fingerprint density at radius 2 is 1.81 bits per heavy atom. The van der Waals surface area contributed by atoms with Gasteiger partial charge in [0.15, 0.2) is 9.84 Å². The fourth-order valence-corrected chi connectivity index (χ4v) is 4.12. The summed E-state index contributed by atoms with van der Waals surface area (Å²) in [5, 5.41) is 0. The van der Waals surface area contributed by atoms with Crippen LogP contribution < -0.4 is 5.73 Å². The monoisotopic (exact) mass is 312 g/mol. The molecule has 0 spiro atoms. The van der Waals surface area contributed by atoms with E-state index in [9.17, 15) is 8.42 Å². The van der Waals surface area contributed by atoms with Crippen molar-refractivity contribution in [2.75, 3.05) is 19.8 Å². The van der Waals surface area contributed by atoms with E-state index in [4.69, 9.17) is 5.73 Å². The van der Waals surface area contributed by atoms with Crippen LogP contribution in [0.3, 0.4) is 0 Å². The Morgan fingerprint density at radius 3 is 2.29 bits per heavy atom. The SMILES string of the molecule is CCCC(C)(CC(N)CS(=O)(=O)c1ccccc1)N(C)C. The van der Waals surface area contributed by atoms with Gasteiger partial charge in [-0.15, -0.1) is 0 Å². The van der Waals surface area contributed by atoms with Crippen LogP contribution in [0.2, 0.25) is 0 Å². The Hall–Kier alpha value is -0.910. The highest BCUT2D eigenvalue weighted by Gasteiger charge is 2.30. The number of nitrogens with zero attached hydrogens (tertiary/aromatic N) is 1. The van der Waals surface area contributed by atoms with E-state index in [1.807, 2.05) is 20.2 Å². The summed E-state index contributed by atoms with van der Waals surface area (Å²) >= 11 is 0. The average molecular weight is 312 g/mol. The van der Waals surface area contributed by atoms with Crippen molar-refractivity contribution in [1.29, 1.82) is 0 Å². The van der Waals surface area contributed by atoms with Crippen molar-refractivity contribution in [3.8, 4) is 0 Å². The normalized spacial score (nSPS) is 16.7. The molecule has 2 atom stereocenters. The molecule has 0 saturated carbocycles. The predicted octanol–water partition coefficient (Wildman–Crippen LogP) is 2.30. The number of nitrogens with two attached hydrogens (primary N) is 1. The van der Waals surface area contributed by atoms with Gasteiger partial charge in [-0.2, -0.15) is 0 Å². The highest BCUT2D eigenvalue weighted by molar-refractivity contribution is 7.91. The summed E-state index contributed by atoms with van der Waals surface area (Å²) in [7, 11) is 0.728. The topological polar surface area (TPSA) is 63.4 Å². The fraction of sp³-hybridized carbons (Fsp3) is 0.625. The summed E-state index contributed by atoms with van der Waals surface area (Å²) in [6, 6.07) is 8.16. The molecule has 0 fully saturated rings. The molecule has 4 nitrogen and oxygen atoms in total. The van der Waals surface area contributed by atoms with Crippen LogP contribution in [0.5, 0.6) is 0 Å². The molecule has 5 heteroatoms. The van der Waals surface area contributed by atoms with Gasteiger partial charge < -0.3 is 10.6 Å². The van der Waals surface area contributed by atoms with Gasteiger partial charge in [-0.1, -0.05) is 31.5 Å². The number of hydrogen-bond acceptors (Lipinski definition) is 4. The molecule has 2 unspecified atom stereocenters.